The van der Waals surface area contributed by atoms with Gasteiger partial charge in [0.15, 0.2) is 0 Å². The van der Waals surface area contributed by atoms with Crippen molar-refractivity contribution in [1.29, 1.82) is 0 Å². The summed E-state index contributed by atoms with van der Waals surface area (Å²) in [6.45, 7) is 6.63. The molecule has 1 amide bonds. The zero-order valence-electron chi connectivity index (χ0n) is 13.6. The Labute approximate surface area is 127 Å². The average Bonchev–Trinajstić information content (AvgIpc) is 2.51. The average molecular weight is 300 g/mol. The molecular formula is C15H28N2O4. The zero-order chi connectivity index (χ0) is 15.8. The SMILES string of the molecule is CCOC(=O)[C@H](C)N1CCC[C@@H](C(=O)N(C)CCOC)C1. The molecule has 0 bridgehead atoms. The number of carbonyl (C=O) groups excluding carboxylic acids is 2. The molecule has 0 unspecified atom stereocenters. The molecule has 0 radical (unpaired) electrons. The number of piperidine rings is 1. The Bertz CT molecular complexity index is 349. The highest BCUT2D eigenvalue weighted by atomic mass is 16.5. The van der Waals surface area contributed by atoms with Crippen molar-refractivity contribution >= 4 is 11.9 Å². The van der Waals surface area contributed by atoms with Gasteiger partial charge in [0.1, 0.15) is 6.04 Å². The molecule has 21 heavy (non-hydrogen) atoms. The molecule has 0 spiro atoms. The van der Waals surface area contributed by atoms with Gasteiger partial charge in [0.25, 0.3) is 0 Å². The fraction of sp³-hybridized carbons (Fsp3) is 0.867. The van der Waals surface area contributed by atoms with Crippen LogP contribution >= 0.6 is 0 Å². The van der Waals surface area contributed by atoms with Crippen molar-refractivity contribution in [2.45, 2.75) is 32.7 Å². The predicted molar refractivity (Wildman–Crippen MR) is 79.9 cm³/mol. The number of rotatable bonds is 7. The van der Waals surface area contributed by atoms with Gasteiger partial charge in [-0.05, 0) is 33.2 Å². The summed E-state index contributed by atoms with van der Waals surface area (Å²) in [5.41, 5.74) is 0. The number of carbonyl (C=O) groups is 2. The van der Waals surface area contributed by atoms with Crippen LogP contribution < -0.4 is 0 Å². The van der Waals surface area contributed by atoms with Gasteiger partial charge in [0.05, 0.1) is 19.1 Å². The first-order chi connectivity index (χ1) is 10.0. The van der Waals surface area contributed by atoms with Crippen molar-refractivity contribution in [3.05, 3.63) is 0 Å². The van der Waals surface area contributed by atoms with Crippen molar-refractivity contribution in [3.63, 3.8) is 0 Å². The van der Waals surface area contributed by atoms with Crippen LogP contribution in [0.2, 0.25) is 0 Å². The van der Waals surface area contributed by atoms with Crippen molar-refractivity contribution in [1.82, 2.24) is 9.80 Å². The number of methoxy groups -OCH3 is 1. The first kappa shape index (κ1) is 17.9. The smallest absolute Gasteiger partial charge is 0.323 e. The standard InChI is InChI=1S/C15H28N2O4/c1-5-21-15(19)12(2)17-8-6-7-13(11-17)14(18)16(3)9-10-20-4/h12-13H,5-11H2,1-4H3/t12-,13+/m0/s1. The highest BCUT2D eigenvalue weighted by Gasteiger charge is 2.32. The molecule has 2 atom stereocenters. The quantitative estimate of drug-likeness (QED) is 0.650. The van der Waals surface area contributed by atoms with Crippen LogP contribution in [0.4, 0.5) is 0 Å². The summed E-state index contributed by atoms with van der Waals surface area (Å²) in [6, 6.07) is -0.287. The summed E-state index contributed by atoms with van der Waals surface area (Å²) in [6.07, 6.45) is 1.81. The minimum atomic E-state index is -0.287. The second-order valence-corrected chi connectivity index (χ2v) is 5.51. The zero-order valence-corrected chi connectivity index (χ0v) is 13.6. The fourth-order valence-electron chi connectivity index (χ4n) is 2.62. The molecule has 0 aromatic carbocycles. The van der Waals surface area contributed by atoms with Crippen LogP contribution in [-0.2, 0) is 19.1 Å². The third kappa shape index (κ3) is 5.28. The molecule has 0 aromatic heterocycles. The van der Waals surface area contributed by atoms with E-state index in [0.717, 1.165) is 19.4 Å². The van der Waals surface area contributed by atoms with Gasteiger partial charge in [-0.15, -0.1) is 0 Å². The lowest BCUT2D eigenvalue weighted by molar-refractivity contribution is -0.151. The Kier molecular flexibility index (Phi) is 7.67. The number of amides is 1. The monoisotopic (exact) mass is 300 g/mol. The third-order valence-electron chi connectivity index (χ3n) is 3.98. The predicted octanol–water partition coefficient (Wildman–Crippen LogP) is 0.755. The molecule has 6 nitrogen and oxygen atoms in total. The lowest BCUT2D eigenvalue weighted by Crippen LogP contribution is -2.49. The summed E-state index contributed by atoms with van der Waals surface area (Å²) in [5, 5.41) is 0. The van der Waals surface area contributed by atoms with E-state index in [1.165, 1.54) is 0 Å². The van der Waals surface area contributed by atoms with Crippen LogP contribution in [0.25, 0.3) is 0 Å². The van der Waals surface area contributed by atoms with Crippen molar-refractivity contribution in [3.8, 4) is 0 Å². The molecule has 0 N–H and O–H groups in total. The maximum Gasteiger partial charge on any atom is 0.323 e. The Balaban J connectivity index is 2.55. The molecule has 1 rings (SSSR count). The lowest BCUT2D eigenvalue weighted by atomic mass is 9.95. The summed E-state index contributed by atoms with van der Waals surface area (Å²) < 4.78 is 10.1. The van der Waals surface area contributed by atoms with E-state index < -0.39 is 0 Å². The van der Waals surface area contributed by atoms with Crippen LogP contribution in [0.3, 0.4) is 0 Å². The fourth-order valence-corrected chi connectivity index (χ4v) is 2.62. The van der Waals surface area contributed by atoms with Gasteiger partial charge in [-0.25, -0.2) is 0 Å². The number of likely N-dealkylation sites (tertiary alicyclic amines) is 1. The van der Waals surface area contributed by atoms with Crippen LogP contribution in [0.5, 0.6) is 0 Å². The van der Waals surface area contributed by atoms with Crippen molar-refractivity contribution in [2.24, 2.45) is 5.92 Å². The minimum absolute atomic E-state index is 0.0440. The van der Waals surface area contributed by atoms with E-state index in [4.69, 9.17) is 9.47 Å². The molecule has 1 saturated heterocycles. The third-order valence-corrected chi connectivity index (χ3v) is 3.98. The molecular weight excluding hydrogens is 272 g/mol. The number of nitrogens with zero attached hydrogens (tertiary/aromatic N) is 2. The highest BCUT2D eigenvalue weighted by molar-refractivity contribution is 5.79. The van der Waals surface area contributed by atoms with Gasteiger partial charge in [-0.1, -0.05) is 0 Å². The Morgan fingerprint density at radius 1 is 1.43 bits per heavy atom. The second kappa shape index (κ2) is 9.00. The van der Waals surface area contributed by atoms with E-state index >= 15 is 0 Å². The largest absolute Gasteiger partial charge is 0.465 e. The normalized spacial score (nSPS) is 20.9. The molecule has 1 fully saturated rings. The van der Waals surface area contributed by atoms with Crippen LogP contribution in [0.1, 0.15) is 26.7 Å². The first-order valence-electron chi connectivity index (χ1n) is 7.65. The number of hydrogen-bond acceptors (Lipinski definition) is 5. The number of hydrogen-bond donors (Lipinski definition) is 0. The van der Waals surface area contributed by atoms with Crippen molar-refractivity contribution in [2.75, 3.05) is 47.0 Å². The van der Waals surface area contributed by atoms with E-state index in [-0.39, 0.29) is 23.8 Å². The molecule has 0 aliphatic carbocycles. The number of esters is 1. The maximum atomic E-state index is 12.4. The van der Waals surface area contributed by atoms with Crippen LogP contribution in [-0.4, -0.2) is 74.7 Å². The van der Waals surface area contributed by atoms with Gasteiger partial charge in [0, 0.05) is 27.2 Å². The lowest BCUT2D eigenvalue weighted by Gasteiger charge is -2.36. The summed E-state index contributed by atoms with van der Waals surface area (Å²) in [4.78, 5) is 28.0. The van der Waals surface area contributed by atoms with E-state index in [2.05, 4.69) is 0 Å². The molecule has 1 aliphatic heterocycles. The van der Waals surface area contributed by atoms with Gasteiger partial charge in [-0.2, -0.15) is 0 Å². The molecule has 0 saturated carbocycles. The van der Waals surface area contributed by atoms with Gasteiger partial charge in [0.2, 0.25) is 5.91 Å². The van der Waals surface area contributed by atoms with E-state index in [9.17, 15) is 9.59 Å². The Morgan fingerprint density at radius 3 is 2.76 bits per heavy atom. The topological polar surface area (TPSA) is 59.1 Å². The van der Waals surface area contributed by atoms with E-state index in [1.54, 1.807) is 26.0 Å². The summed E-state index contributed by atoms with van der Waals surface area (Å²) in [7, 11) is 3.43. The molecule has 0 aromatic rings. The first-order valence-corrected chi connectivity index (χ1v) is 7.65. The summed E-state index contributed by atoms with van der Waals surface area (Å²) >= 11 is 0. The second-order valence-electron chi connectivity index (χ2n) is 5.51. The van der Waals surface area contributed by atoms with E-state index in [1.807, 2.05) is 11.8 Å². The van der Waals surface area contributed by atoms with Gasteiger partial charge < -0.3 is 14.4 Å². The summed E-state index contributed by atoms with van der Waals surface area (Å²) in [5.74, 6) is -0.122. The highest BCUT2D eigenvalue weighted by Crippen LogP contribution is 2.20. The van der Waals surface area contributed by atoms with Gasteiger partial charge >= 0.3 is 5.97 Å². The van der Waals surface area contributed by atoms with Gasteiger partial charge in [-0.3, -0.25) is 14.5 Å². The molecule has 1 aliphatic rings. The molecule has 1 heterocycles. The minimum Gasteiger partial charge on any atom is -0.465 e. The van der Waals surface area contributed by atoms with Crippen molar-refractivity contribution < 1.29 is 19.1 Å². The van der Waals surface area contributed by atoms with Crippen LogP contribution in [0.15, 0.2) is 0 Å². The number of ether oxygens (including phenoxy) is 2. The van der Waals surface area contributed by atoms with Crippen LogP contribution in [0, 0.1) is 5.92 Å². The molecule has 122 valence electrons. The Morgan fingerprint density at radius 2 is 2.14 bits per heavy atom. The Hall–Kier alpha value is -1.14. The maximum absolute atomic E-state index is 12.4. The number of likely N-dealkylation sites (N-methyl/N-ethyl adjacent to an activating group) is 1. The molecule has 6 heteroatoms. The van der Waals surface area contributed by atoms with E-state index in [0.29, 0.717) is 26.3 Å².